The van der Waals surface area contributed by atoms with E-state index in [1.807, 2.05) is 36.4 Å². The highest BCUT2D eigenvalue weighted by Crippen LogP contribution is 2.39. The Balaban J connectivity index is 1.70. The van der Waals surface area contributed by atoms with E-state index in [1.165, 1.54) is 7.11 Å². The minimum absolute atomic E-state index is 0.0624. The Bertz CT molecular complexity index is 950. The van der Waals surface area contributed by atoms with Crippen molar-refractivity contribution < 1.29 is 14.6 Å². The fourth-order valence-corrected chi connectivity index (χ4v) is 3.37. The molecule has 2 aromatic carbocycles. The van der Waals surface area contributed by atoms with Crippen LogP contribution in [0.2, 0.25) is 0 Å². The van der Waals surface area contributed by atoms with Crippen LogP contribution < -0.4 is 10.1 Å². The fourth-order valence-electron chi connectivity index (χ4n) is 3.37. The smallest absolute Gasteiger partial charge is 0.226 e. The van der Waals surface area contributed by atoms with Crippen LogP contribution in [0.5, 0.6) is 11.5 Å². The molecular weight excluding hydrogens is 330 g/mol. The van der Waals surface area contributed by atoms with Gasteiger partial charge in [-0.05, 0) is 23.3 Å². The zero-order valence-electron chi connectivity index (χ0n) is 14.3. The molecule has 6 heteroatoms. The molecule has 1 atom stereocenters. The van der Waals surface area contributed by atoms with Crippen LogP contribution in [0.25, 0.3) is 0 Å². The molecule has 1 aliphatic heterocycles. The number of nitrogens with zero attached hydrogens (tertiary/aromatic N) is 2. The number of methoxy groups -OCH3 is 1. The van der Waals surface area contributed by atoms with Crippen molar-refractivity contribution in [2.75, 3.05) is 12.4 Å². The number of carbonyl (C=O) groups excluding carboxylic acids is 1. The van der Waals surface area contributed by atoms with Crippen molar-refractivity contribution in [2.24, 2.45) is 0 Å². The van der Waals surface area contributed by atoms with Gasteiger partial charge in [-0.15, -0.1) is 0 Å². The van der Waals surface area contributed by atoms with Crippen molar-refractivity contribution in [3.05, 3.63) is 71.4 Å². The zero-order valence-corrected chi connectivity index (χ0v) is 14.3. The van der Waals surface area contributed by atoms with E-state index >= 15 is 0 Å². The van der Waals surface area contributed by atoms with Crippen molar-refractivity contribution in [2.45, 2.75) is 18.9 Å². The minimum atomic E-state index is -0.153. The third kappa shape index (κ3) is 2.90. The standard InChI is InChI=1S/C20H19N3O3/c1-26-18-8-7-14(9-17(18)24)15-10-19(25)22-20-16(15)11-21-23(20)12-13-5-3-2-4-6-13/h2-9,11,15,24H,10,12H2,1H3,(H,22,25)/t15-/m1/s1. The maximum atomic E-state index is 12.3. The Morgan fingerprint density at radius 2 is 2.08 bits per heavy atom. The van der Waals surface area contributed by atoms with Crippen LogP contribution in [0.4, 0.5) is 5.82 Å². The van der Waals surface area contributed by atoms with Crippen molar-refractivity contribution in [1.29, 1.82) is 0 Å². The number of ether oxygens (including phenoxy) is 1. The molecule has 0 saturated heterocycles. The lowest BCUT2D eigenvalue weighted by atomic mass is 9.87. The number of amides is 1. The summed E-state index contributed by atoms with van der Waals surface area (Å²) in [5.41, 5.74) is 2.92. The summed E-state index contributed by atoms with van der Waals surface area (Å²) < 4.78 is 6.91. The molecule has 6 nitrogen and oxygen atoms in total. The first kappa shape index (κ1) is 16.2. The van der Waals surface area contributed by atoms with Crippen LogP contribution >= 0.6 is 0 Å². The van der Waals surface area contributed by atoms with Crippen molar-refractivity contribution in [3.8, 4) is 11.5 Å². The summed E-state index contributed by atoms with van der Waals surface area (Å²) in [6, 6.07) is 15.2. The number of benzene rings is 2. The van der Waals surface area contributed by atoms with Gasteiger partial charge in [-0.2, -0.15) is 5.10 Å². The third-order valence-corrected chi connectivity index (χ3v) is 4.67. The maximum Gasteiger partial charge on any atom is 0.226 e. The SMILES string of the molecule is COc1ccc([C@H]2CC(=O)Nc3c2cnn3Cc2ccccc2)cc1O. The van der Waals surface area contributed by atoms with Gasteiger partial charge < -0.3 is 15.2 Å². The minimum Gasteiger partial charge on any atom is -0.504 e. The van der Waals surface area contributed by atoms with Crippen LogP contribution in [0.3, 0.4) is 0 Å². The number of hydrogen-bond donors (Lipinski definition) is 2. The van der Waals surface area contributed by atoms with Gasteiger partial charge in [0.15, 0.2) is 11.5 Å². The van der Waals surface area contributed by atoms with E-state index in [2.05, 4.69) is 10.4 Å². The number of hydrogen-bond acceptors (Lipinski definition) is 4. The molecule has 3 aromatic rings. The number of aromatic nitrogens is 2. The van der Waals surface area contributed by atoms with Crippen molar-refractivity contribution in [3.63, 3.8) is 0 Å². The van der Waals surface area contributed by atoms with E-state index in [4.69, 9.17) is 4.74 Å². The predicted molar refractivity (Wildman–Crippen MR) is 97.5 cm³/mol. The molecule has 132 valence electrons. The van der Waals surface area contributed by atoms with Gasteiger partial charge in [0.2, 0.25) is 5.91 Å². The van der Waals surface area contributed by atoms with Gasteiger partial charge in [-0.1, -0.05) is 36.4 Å². The maximum absolute atomic E-state index is 12.3. The first-order chi connectivity index (χ1) is 12.7. The van der Waals surface area contributed by atoms with Crippen LogP contribution in [-0.2, 0) is 11.3 Å². The Morgan fingerprint density at radius 3 is 2.81 bits per heavy atom. The van der Waals surface area contributed by atoms with Gasteiger partial charge in [0.05, 0.1) is 19.9 Å². The molecule has 0 fully saturated rings. The zero-order chi connectivity index (χ0) is 18.1. The number of phenolic OH excluding ortho intramolecular Hbond substituents is 1. The Kier molecular flexibility index (Phi) is 4.08. The second kappa shape index (κ2) is 6.55. The van der Waals surface area contributed by atoms with E-state index in [0.29, 0.717) is 24.5 Å². The number of rotatable bonds is 4. The molecule has 2 heterocycles. The summed E-state index contributed by atoms with van der Waals surface area (Å²) in [5.74, 6) is 0.973. The molecule has 0 aliphatic carbocycles. The van der Waals surface area contributed by atoms with Crippen molar-refractivity contribution >= 4 is 11.7 Å². The average Bonchev–Trinajstić information content (AvgIpc) is 3.04. The topological polar surface area (TPSA) is 76.4 Å². The lowest BCUT2D eigenvalue weighted by Crippen LogP contribution is -2.25. The molecule has 0 saturated carbocycles. The predicted octanol–water partition coefficient (Wildman–Crippen LogP) is 3.12. The normalized spacial score (nSPS) is 16.0. The summed E-state index contributed by atoms with van der Waals surface area (Å²) in [6.07, 6.45) is 2.11. The molecule has 1 aromatic heterocycles. The van der Waals surface area contributed by atoms with Gasteiger partial charge in [0.1, 0.15) is 5.82 Å². The lowest BCUT2D eigenvalue weighted by molar-refractivity contribution is -0.116. The Labute approximate surface area is 151 Å². The van der Waals surface area contributed by atoms with Crippen LogP contribution in [-0.4, -0.2) is 27.9 Å². The van der Waals surface area contributed by atoms with E-state index in [9.17, 15) is 9.90 Å². The molecule has 0 bridgehead atoms. The molecule has 4 rings (SSSR count). The number of fused-ring (bicyclic) bond motifs is 1. The fraction of sp³-hybridized carbons (Fsp3) is 0.200. The van der Waals surface area contributed by atoms with Crippen LogP contribution in [0.15, 0.2) is 54.7 Å². The first-order valence-corrected chi connectivity index (χ1v) is 8.42. The van der Waals surface area contributed by atoms with E-state index in [0.717, 1.165) is 16.7 Å². The number of nitrogens with one attached hydrogen (secondary N) is 1. The quantitative estimate of drug-likeness (QED) is 0.759. The summed E-state index contributed by atoms with van der Waals surface area (Å²) >= 11 is 0. The Hall–Kier alpha value is -3.28. The van der Waals surface area contributed by atoms with Crippen LogP contribution in [0.1, 0.15) is 29.0 Å². The highest BCUT2D eigenvalue weighted by atomic mass is 16.5. The number of phenols is 1. The number of aromatic hydroxyl groups is 1. The summed E-state index contributed by atoms with van der Waals surface area (Å²) in [4.78, 5) is 12.3. The first-order valence-electron chi connectivity index (χ1n) is 8.42. The largest absolute Gasteiger partial charge is 0.504 e. The van der Waals surface area contributed by atoms with E-state index in [-0.39, 0.29) is 17.6 Å². The average molecular weight is 349 g/mol. The summed E-state index contributed by atoms with van der Waals surface area (Å²) in [6.45, 7) is 0.580. The number of anilines is 1. The molecule has 1 aliphatic rings. The summed E-state index contributed by atoms with van der Waals surface area (Å²) in [5, 5.41) is 17.5. The second-order valence-electron chi connectivity index (χ2n) is 6.33. The molecule has 0 spiro atoms. The highest BCUT2D eigenvalue weighted by molar-refractivity contribution is 5.94. The number of carbonyl (C=O) groups is 1. The summed E-state index contributed by atoms with van der Waals surface area (Å²) in [7, 11) is 1.51. The molecular formula is C20H19N3O3. The van der Waals surface area contributed by atoms with Crippen molar-refractivity contribution in [1.82, 2.24) is 9.78 Å². The molecule has 0 unspecified atom stereocenters. The lowest BCUT2D eigenvalue weighted by Gasteiger charge is -2.24. The molecule has 1 amide bonds. The monoisotopic (exact) mass is 349 g/mol. The second-order valence-corrected chi connectivity index (χ2v) is 6.33. The van der Waals surface area contributed by atoms with Crippen LogP contribution in [0, 0.1) is 0 Å². The molecule has 0 radical (unpaired) electrons. The third-order valence-electron chi connectivity index (χ3n) is 4.67. The molecule has 2 N–H and O–H groups in total. The molecule has 26 heavy (non-hydrogen) atoms. The van der Waals surface area contributed by atoms with Gasteiger partial charge in [0.25, 0.3) is 0 Å². The Morgan fingerprint density at radius 1 is 1.27 bits per heavy atom. The van der Waals surface area contributed by atoms with E-state index < -0.39 is 0 Å². The highest BCUT2D eigenvalue weighted by Gasteiger charge is 2.30. The van der Waals surface area contributed by atoms with Gasteiger partial charge in [0, 0.05) is 17.9 Å². The van der Waals surface area contributed by atoms with Gasteiger partial charge in [-0.25, -0.2) is 4.68 Å². The van der Waals surface area contributed by atoms with Gasteiger partial charge in [-0.3, -0.25) is 4.79 Å². The van der Waals surface area contributed by atoms with E-state index in [1.54, 1.807) is 23.0 Å². The van der Waals surface area contributed by atoms with Gasteiger partial charge >= 0.3 is 0 Å².